The maximum Gasteiger partial charge on any atom is 0.404 e. The van der Waals surface area contributed by atoms with Crippen LogP contribution in [0.15, 0.2) is 0 Å². The first-order valence-corrected chi connectivity index (χ1v) is 5.50. The Hall–Kier alpha value is -0.770. The molecule has 0 saturated heterocycles. The summed E-state index contributed by atoms with van der Waals surface area (Å²) in [5.41, 5.74) is -0.158. The Morgan fingerprint density at radius 2 is 2.00 bits per heavy atom. The fraction of sp³-hybridized carbons (Fsp3) is 0.909. The summed E-state index contributed by atoms with van der Waals surface area (Å²) < 4.78 is 0. The summed E-state index contributed by atoms with van der Waals surface area (Å²) in [5, 5.41) is 21.2. The summed E-state index contributed by atoms with van der Waals surface area (Å²) in [6.45, 7) is 6.00. The van der Waals surface area contributed by atoms with Crippen molar-refractivity contribution >= 4 is 6.09 Å². The predicted molar refractivity (Wildman–Crippen MR) is 57.8 cm³/mol. The molecule has 0 aromatic carbocycles. The van der Waals surface area contributed by atoms with E-state index in [1.807, 2.05) is 20.8 Å². The maximum absolute atomic E-state index is 10.7. The highest BCUT2D eigenvalue weighted by Crippen LogP contribution is 2.36. The molecule has 1 aliphatic rings. The average molecular weight is 215 g/mol. The van der Waals surface area contributed by atoms with Crippen LogP contribution >= 0.6 is 0 Å². The Balaban J connectivity index is 2.76. The Morgan fingerprint density at radius 1 is 1.40 bits per heavy atom. The standard InChI is InChI=1S/C11H21NO3/c1-11(2,3)9(12-10(14)15)7-5-4-6-8(7)13/h7-9,12-13H,4-6H2,1-3H3,(H,14,15)/t7-,8+,9?/m0/s1. The number of aliphatic hydroxyl groups excluding tert-OH is 1. The molecule has 1 saturated carbocycles. The van der Waals surface area contributed by atoms with Crippen molar-refractivity contribution in [3.8, 4) is 0 Å². The SMILES string of the molecule is CC(C)(C)C(NC(=O)O)[C@H]1CCC[C@H]1O. The van der Waals surface area contributed by atoms with Crippen molar-refractivity contribution in [3.05, 3.63) is 0 Å². The first-order chi connectivity index (χ1) is 6.82. The Morgan fingerprint density at radius 3 is 2.33 bits per heavy atom. The molecule has 0 aliphatic heterocycles. The Bertz CT molecular complexity index is 234. The molecule has 0 spiro atoms. The van der Waals surface area contributed by atoms with Crippen LogP contribution in [-0.2, 0) is 0 Å². The van der Waals surface area contributed by atoms with Gasteiger partial charge in [0.1, 0.15) is 0 Å². The molecule has 88 valence electrons. The summed E-state index contributed by atoms with van der Waals surface area (Å²) >= 11 is 0. The van der Waals surface area contributed by atoms with Gasteiger partial charge in [-0.05, 0) is 18.3 Å². The summed E-state index contributed by atoms with van der Waals surface area (Å²) in [7, 11) is 0. The second kappa shape index (κ2) is 4.39. The van der Waals surface area contributed by atoms with Gasteiger partial charge in [-0.1, -0.05) is 27.2 Å². The minimum Gasteiger partial charge on any atom is -0.465 e. The first kappa shape index (κ1) is 12.3. The van der Waals surface area contributed by atoms with Gasteiger partial charge in [0.05, 0.1) is 6.10 Å². The normalized spacial score (nSPS) is 28.8. The van der Waals surface area contributed by atoms with E-state index < -0.39 is 6.09 Å². The van der Waals surface area contributed by atoms with E-state index in [2.05, 4.69) is 5.32 Å². The van der Waals surface area contributed by atoms with Crippen LogP contribution < -0.4 is 5.32 Å². The van der Waals surface area contributed by atoms with Crippen molar-refractivity contribution in [3.63, 3.8) is 0 Å². The smallest absolute Gasteiger partial charge is 0.404 e. The molecule has 0 bridgehead atoms. The number of rotatable bonds is 2. The van der Waals surface area contributed by atoms with Crippen LogP contribution in [0.3, 0.4) is 0 Å². The third-order valence-electron chi connectivity index (χ3n) is 3.17. The largest absolute Gasteiger partial charge is 0.465 e. The number of carboxylic acid groups (broad SMARTS) is 1. The lowest BCUT2D eigenvalue weighted by atomic mass is 9.77. The Labute approximate surface area is 90.7 Å². The second-order valence-electron chi connectivity index (χ2n) is 5.46. The Kier molecular flexibility index (Phi) is 3.60. The molecule has 3 N–H and O–H groups in total. The fourth-order valence-corrected chi connectivity index (χ4v) is 2.46. The quantitative estimate of drug-likeness (QED) is 0.658. The van der Waals surface area contributed by atoms with E-state index in [0.29, 0.717) is 0 Å². The summed E-state index contributed by atoms with van der Waals surface area (Å²) in [6.07, 6.45) is 1.32. The van der Waals surface area contributed by atoms with Crippen molar-refractivity contribution in [1.82, 2.24) is 5.32 Å². The van der Waals surface area contributed by atoms with Gasteiger partial charge in [0.15, 0.2) is 0 Å². The number of hydrogen-bond acceptors (Lipinski definition) is 2. The highest BCUT2D eigenvalue weighted by atomic mass is 16.4. The number of aliphatic hydroxyl groups is 1. The molecule has 1 amide bonds. The van der Waals surface area contributed by atoms with Crippen molar-refractivity contribution < 1.29 is 15.0 Å². The van der Waals surface area contributed by atoms with E-state index in [4.69, 9.17) is 5.11 Å². The topological polar surface area (TPSA) is 69.6 Å². The number of carbonyl (C=O) groups is 1. The lowest BCUT2D eigenvalue weighted by Gasteiger charge is -2.36. The lowest BCUT2D eigenvalue weighted by Crippen LogP contribution is -2.50. The molecule has 0 aromatic rings. The van der Waals surface area contributed by atoms with Crippen molar-refractivity contribution in [2.75, 3.05) is 0 Å². The van der Waals surface area contributed by atoms with Crippen LogP contribution in [0.4, 0.5) is 4.79 Å². The molecule has 4 nitrogen and oxygen atoms in total. The van der Waals surface area contributed by atoms with Gasteiger partial charge in [0.25, 0.3) is 0 Å². The van der Waals surface area contributed by atoms with Gasteiger partial charge >= 0.3 is 6.09 Å². The monoisotopic (exact) mass is 215 g/mol. The highest BCUT2D eigenvalue weighted by molar-refractivity contribution is 5.65. The van der Waals surface area contributed by atoms with Crippen LogP contribution in [0, 0.1) is 11.3 Å². The zero-order valence-corrected chi connectivity index (χ0v) is 9.66. The van der Waals surface area contributed by atoms with Gasteiger partial charge in [0.2, 0.25) is 0 Å². The summed E-state index contributed by atoms with van der Waals surface area (Å²) in [5.74, 6) is 0.0566. The number of nitrogens with one attached hydrogen (secondary N) is 1. The molecule has 1 fully saturated rings. The summed E-state index contributed by atoms with van der Waals surface area (Å²) in [6, 6.07) is -0.174. The van der Waals surface area contributed by atoms with Crippen LogP contribution in [0.2, 0.25) is 0 Å². The van der Waals surface area contributed by atoms with Crippen molar-refractivity contribution in [2.45, 2.75) is 52.2 Å². The first-order valence-electron chi connectivity index (χ1n) is 5.50. The molecule has 0 heterocycles. The molecule has 1 rings (SSSR count). The van der Waals surface area contributed by atoms with E-state index in [-0.39, 0.29) is 23.5 Å². The van der Waals surface area contributed by atoms with Crippen LogP contribution in [0.25, 0.3) is 0 Å². The average Bonchev–Trinajstić information content (AvgIpc) is 2.45. The summed E-state index contributed by atoms with van der Waals surface area (Å²) in [4.78, 5) is 10.7. The van der Waals surface area contributed by atoms with Crippen molar-refractivity contribution in [2.24, 2.45) is 11.3 Å². The number of amides is 1. The van der Waals surface area contributed by atoms with Crippen LogP contribution in [0.1, 0.15) is 40.0 Å². The van der Waals surface area contributed by atoms with Gasteiger partial charge in [-0.15, -0.1) is 0 Å². The minimum atomic E-state index is -1.01. The number of hydrogen-bond donors (Lipinski definition) is 3. The molecule has 3 atom stereocenters. The van der Waals surface area contributed by atoms with Gasteiger partial charge in [0, 0.05) is 12.0 Å². The van der Waals surface area contributed by atoms with Gasteiger partial charge in [-0.25, -0.2) is 4.79 Å². The molecule has 1 aliphatic carbocycles. The highest BCUT2D eigenvalue weighted by Gasteiger charge is 2.39. The maximum atomic E-state index is 10.7. The third kappa shape index (κ3) is 3.09. The third-order valence-corrected chi connectivity index (χ3v) is 3.17. The zero-order chi connectivity index (χ0) is 11.6. The molecule has 1 unspecified atom stereocenters. The molecule has 4 heteroatoms. The zero-order valence-electron chi connectivity index (χ0n) is 9.66. The van der Waals surface area contributed by atoms with Crippen LogP contribution in [0.5, 0.6) is 0 Å². The minimum absolute atomic E-state index is 0.0566. The van der Waals surface area contributed by atoms with Crippen molar-refractivity contribution in [1.29, 1.82) is 0 Å². The second-order valence-corrected chi connectivity index (χ2v) is 5.46. The van der Waals surface area contributed by atoms with E-state index in [1.165, 1.54) is 0 Å². The van der Waals surface area contributed by atoms with Crippen LogP contribution in [-0.4, -0.2) is 28.5 Å². The van der Waals surface area contributed by atoms with Gasteiger partial charge in [-0.3, -0.25) is 0 Å². The fourth-order valence-electron chi connectivity index (χ4n) is 2.46. The lowest BCUT2D eigenvalue weighted by molar-refractivity contribution is 0.0717. The molecule has 0 radical (unpaired) electrons. The molecule has 0 aromatic heterocycles. The molecular formula is C11H21NO3. The predicted octanol–water partition coefficient (Wildman–Crippen LogP) is 1.83. The van der Waals surface area contributed by atoms with E-state index in [0.717, 1.165) is 19.3 Å². The van der Waals surface area contributed by atoms with Gasteiger partial charge in [-0.2, -0.15) is 0 Å². The van der Waals surface area contributed by atoms with E-state index >= 15 is 0 Å². The molecular weight excluding hydrogens is 194 g/mol. The molecule has 15 heavy (non-hydrogen) atoms. The van der Waals surface area contributed by atoms with Gasteiger partial charge < -0.3 is 15.5 Å². The van der Waals surface area contributed by atoms with E-state index in [1.54, 1.807) is 0 Å². The van der Waals surface area contributed by atoms with E-state index in [9.17, 15) is 9.90 Å².